The lowest BCUT2D eigenvalue weighted by Gasteiger charge is -2.28. The molecule has 1 atom stereocenters. The predicted molar refractivity (Wildman–Crippen MR) is 86.5 cm³/mol. The van der Waals surface area contributed by atoms with Gasteiger partial charge in [-0.25, -0.2) is 0 Å². The second-order valence-electron chi connectivity index (χ2n) is 4.91. The van der Waals surface area contributed by atoms with E-state index in [9.17, 15) is 9.90 Å². The number of pyridine rings is 1. The van der Waals surface area contributed by atoms with Crippen molar-refractivity contribution in [3.8, 4) is 0 Å². The van der Waals surface area contributed by atoms with E-state index in [4.69, 9.17) is 4.74 Å². The Hall–Kier alpha value is -1.76. The van der Waals surface area contributed by atoms with Gasteiger partial charge in [-0.2, -0.15) is 0 Å². The first-order valence-corrected chi connectivity index (χ1v) is 7.50. The molecule has 0 aliphatic rings. The highest BCUT2D eigenvalue weighted by Crippen LogP contribution is 2.21. The number of aromatic nitrogens is 1. The first-order valence-electron chi connectivity index (χ1n) is 6.71. The second kappa shape index (κ2) is 7.49. The van der Waals surface area contributed by atoms with Gasteiger partial charge in [-0.05, 0) is 27.6 Å². The third-order valence-corrected chi connectivity index (χ3v) is 3.64. The van der Waals surface area contributed by atoms with Crippen LogP contribution >= 0.6 is 15.9 Å². The number of benzene rings is 1. The number of hydrogen-bond donors (Lipinski definition) is 2. The van der Waals surface area contributed by atoms with Crippen molar-refractivity contribution >= 4 is 21.8 Å². The van der Waals surface area contributed by atoms with Crippen LogP contribution < -0.4 is 5.32 Å². The molecule has 1 heterocycles. The number of hydrogen-bond acceptors (Lipinski definition) is 4. The van der Waals surface area contributed by atoms with Crippen molar-refractivity contribution in [2.75, 3.05) is 20.3 Å². The van der Waals surface area contributed by atoms with E-state index >= 15 is 0 Å². The number of rotatable bonds is 6. The second-order valence-corrected chi connectivity index (χ2v) is 5.82. The average molecular weight is 365 g/mol. The van der Waals surface area contributed by atoms with Crippen molar-refractivity contribution < 1.29 is 14.6 Å². The van der Waals surface area contributed by atoms with Gasteiger partial charge in [0.2, 0.25) is 0 Å². The van der Waals surface area contributed by atoms with Crippen LogP contribution in [0.4, 0.5) is 0 Å². The molecule has 0 radical (unpaired) electrons. The highest BCUT2D eigenvalue weighted by molar-refractivity contribution is 9.10. The molecule has 116 valence electrons. The summed E-state index contributed by atoms with van der Waals surface area (Å²) in [6.07, 6.45) is 3.07. The number of methoxy groups -OCH3 is 1. The predicted octanol–water partition coefficient (Wildman–Crippen LogP) is 2.11. The van der Waals surface area contributed by atoms with E-state index in [1.165, 1.54) is 13.3 Å². The van der Waals surface area contributed by atoms with Gasteiger partial charge in [0.1, 0.15) is 5.60 Å². The quantitative estimate of drug-likeness (QED) is 0.823. The SMILES string of the molecule is COCC(O)(CNC(=O)c1cncc(Br)c1)c1ccccc1. The number of halogens is 1. The van der Waals surface area contributed by atoms with Gasteiger partial charge in [0.05, 0.1) is 18.7 Å². The Morgan fingerprint density at radius 1 is 1.36 bits per heavy atom. The maximum atomic E-state index is 12.2. The maximum absolute atomic E-state index is 12.2. The molecule has 1 aromatic carbocycles. The maximum Gasteiger partial charge on any atom is 0.252 e. The molecule has 5 nitrogen and oxygen atoms in total. The highest BCUT2D eigenvalue weighted by atomic mass is 79.9. The van der Waals surface area contributed by atoms with Crippen LogP contribution in [0.1, 0.15) is 15.9 Å². The number of nitrogens with zero attached hydrogens (tertiary/aromatic N) is 1. The van der Waals surface area contributed by atoms with Crippen molar-refractivity contribution in [1.82, 2.24) is 10.3 Å². The largest absolute Gasteiger partial charge is 0.381 e. The summed E-state index contributed by atoms with van der Waals surface area (Å²) in [5.74, 6) is -0.306. The topological polar surface area (TPSA) is 71.5 Å². The van der Waals surface area contributed by atoms with Crippen LogP contribution in [0.5, 0.6) is 0 Å². The number of carbonyl (C=O) groups is 1. The smallest absolute Gasteiger partial charge is 0.252 e. The molecular formula is C16H17BrN2O3. The van der Waals surface area contributed by atoms with E-state index in [1.54, 1.807) is 24.4 Å². The zero-order valence-electron chi connectivity index (χ0n) is 12.1. The summed E-state index contributed by atoms with van der Waals surface area (Å²) in [7, 11) is 1.51. The molecule has 0 aliphatic carbocycles. The van der Waals surface area contributed by atoms with Crippen LogP contribution in [-0.4, -0.2) is 36.3 Å². The van der Waals surface area contributed by atoms with Gasteiger partial charge in [-0.3, -0.25) is 9.78 Å². The van der Waals surface area contributed by atoms with Crippen molar-refractivity contribution in [3.05, 3.63) is 64.4 Å². The Labute approximate surface area is 137 Å². The first-order chi connectivity index (χ1) is 10.5. The molecule has 2 aromatic rings. The molecule has 1 unspecified atom stereocenters. The summed E-state index contributed by atoms with van der Waals surface area (Å²) in [6.45, 7) is 0.115. The van der Waals surface area contributed by atoms with Crippen LogP contribution in [-0.2, 0) is 10.3 Å². The van der Waals surface area contributed by atoms with Crippen molar-refractivity contribution in [2.24, 2.45) is 0 Å². The van der Waals surface area contributed by atoms with Crippen molar-refractivity contribution in [1.29, 1.82) is 0 Å². The van der Waals surface area contributed by atoms with Crippen LogP contribution in [0.25, 0.3) is 0 Å². The molecular weight excluding hydrogens is 348 g/mol. The fourth-order valence-corrected chi connectivity index (χ4v) is 2.45. The summed E-state index contributed by atoms with van der Waals surface area (Å²) in [4.78, 5) is 16.1. The minimum Gasteiger partial charge on any atom is -0.381 e. The molecule has 0 bridgehead atoms. The Morgan fingerprint density at radius 3 is 2.73 bits per heavy atom. The zero-order chi connectivity index (χ0) is 16.0. The number of amides is 1. The van der Waals surface area contributed by atoms with Gasteiger partial charge in [0.25, 0.3) is 5.91 Å². The molecule has 2 rings (SSSR count). The zero-order valence-corrected chi connectivity index (χ0v) is 13.7. The minimum absolute atomic E-state index is 0.0379. The van der Waals surface area contributed by atoms with Gasteiger partial charge < -0.3 is 15.2 Å². The van der Waals surface area contributed by atoms with E-state index in [-0.39, 0.29) is 19.1 Å². The molecule has 0 saturated carbocycles. The summed E-state index contributed by atoms with van der Waals surface area (Å²) >= 11 is 3.27. The molecule has 22 heavy (non-hydrogen) atoms. The lowest BCUT2D eigenvalue weighted by molar-refractivity contribution is -0.0334. The summed E-state index contributed by atoms with van der Waals surface area (Å²) in [5, 5.41) is 13.5. The van der Waals surface area contributed by atoms with Gasteiger partial charge >= 0.3 is 0 Å². The summed E-state index contributed by atoms with van der Waals surface area (Å²) in [6, 6.07) is 10.8. The number of nitrogens with one attached hydrogen (secondary N) is 1. The molecule has 1 aromatic heterocycles. The number of carbonyl (C=O) groups excluding carboxylic acids is 1. The number of ether oxygens (including phenoxy) is 1. The van der Waals surface area contributed by atoms with E-state index in [0.717, 1.165) is 4.47 Å². The first kappa shape index (κ1) is 16.6. The highest BCUT2D eigenvalue weighted by Gasteiger charge is 2.30. The van der Waals surface area contributed by atoms with Crippen LogP contribution in [0.15, 0.2) is 53.3 Å². The normalized spacial score (nSPS) is 13.4. The third-order valence-electron chi connectivity index (χ3n) is 3.20. The average Bonchev–Trinajstić information content (AvgIpc) is 2.54. The summed E-state index contributed by atoms with van der Waals surface area (Å²) < 4.78 is 5.82. The van der Waals surface area contributed by atoms with Gasteiger partial charge in [-0.1, -0.05) is 30.3 Å². The molecule has 0 aliphatic heterocycles. The Bertz CT molecular complexity index is 636. The minimum atomic E-state index is -1.29. The van der Waals surface area contributed by atoms with Gasteiger partial charge in [0.15, 0.2) is 0 Å². The van der Waals surface area contributed by atoms with E-state index < -0.39 is 5.60 Å². The molecule has 6 heteroatoms. The van der Waals surface area contributed by atoms with Crippen LogP contribution in [0.3, 0.4) is 0 Å². The molecule has 1 amide bonds. The van der Waals surface area contributed by atoms with E-state index in [2.05, 4.69) is 26.2 Å². The van der Waals surface area contributed by atoms with Crippen LogP contribution in [0.2, 0.25) is 0 Å². The van der Waals surface area contributed by atoms with E-state index in [0.29, 0.717) is 11.1 Å². The summed E-state index contributed by atoms with van der Waals surface area (Å²) in [5.41, 5.74) is -0.183. The molecule has 0 spiro atoms. The molecule has 0 saturated heterocycles. The monoisotopic (exact) mass is 364 g/mol. The Balaban J connectivity index is 2.11. The lowest BCUT2D eigenvalue weighted by Crippen LogP contribution is -2.44. The Kier molecular flexibility index (Phi) is 5.65. The van der Waals surface area contributed by atoms with Crippen LogP contribution in [0, 0.1) is 0 Å². The lowest BCUT2D eigenvalue weighted by atomic mass is 9.94. The Morgan fingerprint density at radius 2 is 2.09 bits per heavy atom. The molecule has 2 N–H and O–H groups in total. The molecule has 0 fully saturated rings. The number of aliphatic hydroxyl groups is 1. The standard InChI is InChI=1S/C16H17BrN2O3/c1-22-11-16(21,13-5-3-2-4-6-13)10-19-15(20)12-7-14(17)9-18-8-12/h2-9,21H,10-11H2,1H3,(H,19,20). The van der Waals surface area contributed by atoms with Crippen molar-refractivity contribution in [2.45, 2.75) is 5.60 Å². The fraction of sp³-hybridized carbons (Fsp3) is 0.250. The van der Waals surface area contributed by atoms with Gasteiger partial charge in [-0.15, -0.1) is 0 Å². The fourth-order valence-electron chi connectivity index (χ4n) is 2.09. The van der Waals surface area contributed by atoms with Gasteiger partial charge in [0, 0.05) is 24.0 Å². The third kappa shape index (κ3) is 4.13. The van der Waals surface area contributed by atoms with Crippen molar-refractivity contribution in [3.63, 3.8) is 0 Å². The van der Waals surface area contributed by atoms with E-state index in [1.807, 2.05) is 18.2 Å².